The van der Waals surface area contributed by atoms with E-state index in [1.165, 1.54) is 24.0 Å². The average molecular weight is 731 g/mol. The van der Waals surface area contributed by atoms with Crippen molar-refractivity contribution in [1.29, 1.82) is 0 Å². The lowest BCUT2D eigenvalue weighted by Gasteiger charge is -2.38. The topological polar surface area (TPSA) is 167 Å². The zero-order valence-electron chi connectivity index (χ0n) is 31.4. The van der Waals surface area contributed by atoms with Gasteiger partial charge in [-0.1, -0.05) is 64.1 Å². The molecule has 2 aromatic rings. The third-order valence-electron chi connectivity index (χ3n) is 10.5. The molecule has 5 rings (SSSR count). The van der Waals surface area contributed by atoms with E-state index < -0.39 is 41.4 Å². The lowest BCUT2D eigenvalue weighted by Crippen LogP contribution is -2.61. The molecule has 3 heterocycles. The normalized spacial score (nSPS) is 23.0. The Hall–Kier alpha value is -5.40. The molecular formula is C39H50N6O8. The van der Waals surface area contributed by atoms with E-state index in [9.17, 15) is 28.8 Å². The van der Waals surface area contributed by atoms with Crippen LogP contribution >= 0.6 is 0 Å². The zero-order valence-corrected chi connectivity index (χ0v) is 31.4. The number of nitrogens with one attached hydrogen (secondary N) is 3. The molecule has 14 heteroatoms. The minimum atomic E-state index is -1.45. The molecule has 3 aliphatic rings. The van der Waals surface area contributed by atoms with Crippen molar-refractivity contribution in [2.24, 2.45) is 11.8 Å². The van der Waals surface area contributed by atoms with E-state index in [4.69, 9.17) is 9.47 Å². The number of anilines is 2. The van der Waals surface area contributed by atoms with E-state index >= 15 is 0 Å². The predicted molar refractivity (Wildman–Crippen MR) is 199 cm³/mol. The smallest absolute Gasteiger partial charge is 0.412 e. The molecule has 0 aliphatic carbocycles. The largest absolute Gasteiger partial charge is 0.453 e. The molecule has 0 unspecified atom stereocenters. The second kappa shape index (κ2) is 15.7. The van der Waals surface area contributed by atoms with Crippen molar-refractivity contribution in [1.82, 2.24) is 20.0 Å². The van der Waals surface area contributed by atoms with E-state index in [-0.39, 0.29) is 29.6 Å². The fourth-order valence-electron chi connectivity index (χ4n) is 7.60. The fraction of sp³-hybridized carbons (Fsp3) is 0.487. The Balaban J connectivity index is 1.21. The molecule has 0 spiro atoms. The summed E-state index contributed by atoms with van der Waals surface area (Å²) in [7, 11) is 2.49. The van der Waals surface area contributed by atoms with Gasteiger partial charge in [-0.3, -0.25) is 24.1 Å². The first-order valence-electron chi connectivity index (χ1n) is 18.0. The molecule has 4 atom stereocenters. The number of methoxy groups -OCH3 is 2. The van der Waals surface area contributed by atoms with Gasteiger partial charge in [0.05, 0.1) is 14.2 Å². The first-order valence-corrected chi connectivity index (χ1v) is 18.0. The van der Waals surface area contributed by atoms with E-state index in [0.29, 0.717) is 50.1 Å². The van der Waals surface area contributed by atoms with Crippen molar-refractivity contribution < 1.29 is 38.2 Å². The monoisotopic (exact) mass is 730 g/mol. The highest BCUT2D eigenvalue weighted by Crippen LogP contribution is 2.44. The highest BCUT2D eigenvalue weighted by atomic mass is 16.5. The van der Waals surface area contributed by atoms with Gasteiger partial charge in [-0.15, -0.1) is 0 Å². The molecule has 0 radical (unpaired) electrons. The first kappa shape index (κ1) is 38.8. The molecule has 284 valence electrons. The van der Waals surface area contributed by atoms with Gasteiger partial charge in [-0.05, 0) is 73.4 Å². The van der Waals surface area contributed by atoms with Crippen LogP contribution in [0.1, 0.15) is 71.4 Å². The summed E-state index contributed by atoms with van der Waals surface area (Å²) in [6, 6.07) is 12.9. The Bertz CT molecular complexity index is 1760. The molecule has 3 aliphatic heterocycles. The van der Waals surface area contributed by atoms with Crippen LogP contribution in [0.5, 0.6) is 0 Å². The van der Waals surface area contributed by atoms with Gasteiger partial charge in [0.15, 0.2) is 0 Å². The Morgan fingerprint density at radius 1 is 0.792 bits per heavy atom. The van der Waals surface area contributed by atoms with Crippen LogP contribution in [0.25, 0.3) is 12.2 Å². The standard InChI is InChI=1S/C39H50N6O8/c1-24(2)30(42-36(50)52-6)32(46)43-22-8-20-38(43,5)34(48)40-28-16-12-26(13-17-28)10-11-27-14-18-29(19-15-27)41-35(49)39-21-9-23-44(39)33(47)31(25(3)4)45(39)37(51)53-7/h10-19,24-25,30-31H,8-9,20-23H2,1-7H3,(H,40,48)(H,41,49)(H,42,50)/b11-10+/t30-,31-,38-,39+/m0/s1. The quantitative estimate of drug-likeness (QED) is 0.290. The summed E-state index contributed by atoms with van der Waals surface area (Å²) in [4.78, 5) is 83.5. The highest BCUT2D eigenvalue weighted by molar-refractivity contribution is 6.06. The van der Waals surface area contributed by atoms with Gasteiger partial charge < -0.3 is 35.2 Å². The number of fused-ring (bicyclic) bond motifs is 1. The average Bonchev–Trinajstić information content (AvgIpc) is 3.83. The molecular weight excluding hydrogens is 680 g/mol. The zero-order chi connectivity index (χ0) is 38.7. The fourth-order valence-corrected chi connectivity index (χ4v) is 7.60. The van der Waals surface area contributed by atoms with Gasteiger partial charge in [0.25, 0.3) is 5.91 Å². The van der Waals surface area contributed by atoms with Gasteiger partial charge in [0, 0.05) is 30.9 Å². The maximum Gasteiger partial charge on any atom is 0.412 e. The second-order valence-corrected chi connectivity index (χ2v) is 14.6. The minimum absolute atomic E-state index is 0.205. The van der Waals surface area contributed by atoms with Crippen LogP contribution < -0.4 is 16.0 Å². The Labute approximate surface area is 310 Å². The van der Waals surface area contributed by atoms with Crippen LogP contribution in [0, 0.1) is 11.8 Å². The third-order valence-corrected chi connectivity index (χ3v) is 10.5. The number of rotatable bonds is 10. The summed E-state index contributed by atoms with van der Waals surface area (Å²) >= 11 is 0. The lowest BCUT2D eigenvalue weighted by atomic mass is 9.95. The summed E-state index contributed by atoms with van der Waals surface area (Å²) in [6.45, 7) is 9.87. The van der Waals surface area contributed by atoms with Gasteiger partial charge in [-0.2, -0.15) is 0 Å². The number of hydrogen-bond acceptors (Lipinski definition) is 8. The Morgan fingerprint density at radius 3 is 1.85 bits per heavy atom. The number of hydrogen-bond donors (Lipinski definition) is 3. The molecule has 3 N–H and O–H groups in total. The summed E-state index contributed by atoms with van der Waals surface area (Å²) in [5, 5.41) is 8.48. The number of ether oxygens (including phenoxy) is 2. The van der Waals surface area contributed by atoms with Crippen LogP contribution in [0.2, 0.25) is 0 Å². The van der Waals surface area contributed by atoms with Crippen LogP contribution in [-0.2, 0) is 28.7 Å². The molecule has 3 fully saturated rings. The summed E-state index contributed by atoms with van der Waals surface area (Å²) in [5.74, 6) is -1.75. The van der Waals surface area contributed by atoms with E-state index in [1.54, 1.807) is 36.1 Å². The van der Waals surface area contributed by atoms with Crippen molar-refractivity contribution in [3.8, 4) is 0 Å². The molecule has 0 saturated carbocycles. The van der Waals surface area contributed by atoms with Crippen LogP contribution in [-0.4, -0.2) is 101 Å². The number of likely N-dealkylation sites (tertiary alicyclic amines) is 1. The number of carbonyl (C=O) groups excluding carboxylic acids is 6. The van der Waals surface area contributed by atoms with E-state index in [2.05, 4.69) is 16.0 Å². The van der Waals surface area contributed by atoms with Crippen molar-refractivity contribution >= 4 is 59.3 Å². The summed E-state index contributed by atoms with van der Waals surface area (Å²) in [5.41, 5.74) is 0.314. The van der Waals surface area contributed by atoms with Crippen molar-refractivity contribution in [3.05, 3.63) is 59.7 Å². The Morgan fingerprint density at radius 2 is 1.34 bits per heavy atom. The maximum absolute atomic E-state index is 13.9. The second-order valence-electron chi connectivity index (χ2n) is 14.6. The van der Waals surface area contributed by atoms with Crippen LogP contribution in [0.15, 0.2) is 48.5 Å². The molecule has 6 amide bonds. The van der Waals surface area contributed by atoms with Gasteiger partial charge in [-0.25, -0.2) is 9.59 Å². The van der Waals surface area contributed by atoms with Crippen molar-refractivity contribution in [3.63, 3.8) is 0 Å². The molecule has 2 aromatic carbocycles. The summed E-state index contributed by atoms with van der Waals surface area (Å²) in [6.07, 6.45) is 4.46. The number of benzene rings is 2. The van der Waals surface area contributed by atoms with Gasteiger partial charge in [0.1, 0.15) is 17.6 Å². The predicted octanol–water partition coefficient (Wildman–Crippen LogP) is 4.92. The third kappa shape index (κ3) is 7.44. The number of carbonyl (C=O) groups is 6. The van der Waals surface area contributed by atoms with Gasteiger partial charge in [0.2, 0.25) is 23.4 Å². The highest BCUT2D eigenvalue weighted by Gasteiger charge is 2.66. The molecule has 14 nitrogen and oxygen atoms in total. The number of amides is 6. The molecule has 0 bridgehead atoms. The molecule has 53 heavy (non-hydrogen) atoms. The SMILES string of the molecule is COC(=O)N[C@H](C(=O)N1CCC[C@@]1(C)C(=O)Nc1ccc(/C=C/c2ccc(NC(=O)[C@]34CCCN3C(=O)[C@H](C(C)C)N4C(=O)OC)cc2)cc1)C(C)C. The Kier molecular flexibility index (Phi) is 11.5. The van der Waals surface area contributed by atoms with E-state index in [0.717, 1.165) is 11.1 Å². The van der Waals surface area contributed by atoms with Crippen molar-refractivity contribution in [2.75, 3.05) is 37.9 Å². The summed E-state index contributed by atoms with van der Waals surface area (Å²) < 4.78 is 9.74. The van der Waals surface area contributed by atoms with Crippen LogP contribution in [0.3, 0.4) is 0 Å². The van der Waals surface area contributed by atoms with E-state index in [1.807, 2.05) is 64.1 Å². The molecule has 0 aromatic heterocycles. The lowest BCUT2D eigenvalue weighted by molar-refractivity contribution is -0.144. The van der Waals surface area contributed by atoms with Crippen molar-refractivity contribution in [2.45, 2.75) is 83.6 Å². The van der Waals surface area contributed by atoms with Gasteiger partial charge >= 0.3 is 12.2 Å². The van der Waals surface area contributed by atoms with Crippen LogP contribution in [0.4, 0.5) is 21.0 Å². The minimum Gasteiger partial charge on any atom is -0.453 e. The molecule has 3 saturated heterocycles. The number of nitrogens with zero attached hydrogens (tertiary/aromatic N) is 3. The maximum atomic E-state index is 13.9. The first-order chi connectivity index (χ1) is 25.2. The number of alkyl carbamates (subject to hydrolysis) is 1.